The van der Waals surface area contributed by atoms with Crippen LogP contribution in [0.4, 0.5) is 0 Å². The van der Waals surface area contributed by atoms with E-state index in [2.05, 4.69) is 5.32 Å². The fraction of sp³-hybridized carbons (Fsp3) is 0.372. The van der Waals surface area contributed by atoms with Gasteiger partial charge >= 0.3 is 0 Å². The number of nitrogens with one attached hydrogen (secondary N) is 1. The number of hydrogen-bond donors (Lipinski definition) is 1. The van der Waals surface area contributed by atoms with Gasteiger partial charge in [0.15, 0.2) is 34.5 Å². The summed E-state index contributed by atoms with van der Waals surface area (Å²) in [6.07, 6.45) is 7.68. The summed E-state index contributed by atoms with van der Waals surface area (Å²) in [7, 11) is 11.6. The Kier molecular flexibility index (Phi) is 11.8. The third-order valence-corrected chi connectivity index (χ3v) is 10.6. The van der Waals surface area contributed by atoms with Crippen LogP contribution in [0.15, 0.2) is 78.3 Å². The Labute approximate surface area is 326 Å². The number of ketones is 1. The van der Waals surface area contributed by atoms with E-state index in [1.54, 1.807) is 36.4 Å². The molecule has 3 aromatic carbocycles. The second kappa shape index (κ2) is 16.7. The fourth-order valence-corrected chi connectivity index (χ4v) is 8.06. The Balaban J connectivity index is 1.76. The Morgan fingerprint density at radius 3 is 1.77 bits per heavy atom. The molecule has 56 heavy (non-hydrogen) atoms. The Hall–Kier alpha value is -6.11. The minimum absolute atomic E-state index is 0.0903. The van der Waals surface area contributed by atoms with E-state index in [0.717, 1.165) is 32.1 Å². The van der Waals surface area contributed by atoms with Crippen molar-refractivity contribution in [3.05, 3.63) is 95.0 Å². The maximum atomic E-state index is 15.9. The summed E-state index contributed by atoms with van der Waals surface area (Å²) in [4.78, 5) is 46.4. The van der Waals surface area contributed by atoms with Crippen LogP contribution in [0.5, 0.6) is 34.5 Å². The van der Waals surface area contributed by atoms with E-state index in [0.29, 0.717) is 33.8 Å². The van der Waals surface area contributed by atoms with Crippen LogP contribution in [0.1, 0.15) is 54.8 Å². The van der Waals surface area contributed by atoms with Gasteiger partial charge in [-0.3, -0.25) is 14.4 Å². The van der Waals surface area contributed by atoms with E-state index < -0.39 is 29.2 Å². The predicted molar refractivity (Wildman–Crippen MR) is 208 cm³/mol. The number of ether oxygens (including phenoxy) is 8. The number of hydrogen-bond acceptors (Lipinski definition) is 11. The molecular weight excluding hydrogens is 720 g/mol. The number of methoxy groups -OCH3 is 8. The molecule has 1 spiro atoms. The molecule has 1 aliphatic heterocycles. The second-order valence-corrected chi connectivity index (χ2v) is 13.5. The SMILES string of the molecule is COC1=CC2(C=C(OC)C1=O)C(c1ccccc1)=C(c1ccc(OC)c(OC)c1OC)C(=O)N2C(C(=O)NC1CCCCC1)c1cc(OC)c(OC)c(OC)c1. The Morgan fingerprint density at radius 2 is 1.25 bits per heavy atom. The Morgan fingerprint density at radius 1 is 0.679 bits per heavy atom. The summed E-state index contributed by atoms with van der Waals surface area (Å²) < 4.78 is 46.0. The van der Waals surface area contributed by atoms with Crippen molar-refractivity contribution in [2.24, 2.45) is 0 Å². The number of Topliss-reactive ketones (excluding diaryl/α,β-unsaturated/α-hetero) is 1. The summed E-state index contributed by atoms with van der Waals surface area (Å²) in [5.74, 6) is -0.0402. The summed E-state index contributed by atoms with van der Waals surface area (Å²) in [5, 5.41) is 3.27. The van der Waals surface area contributed by atoms with Crippen molar-refractivity contribution >= 4 is 28.7 Å². The van der Waals surface area contributed by atoms with Crippen molar-refractivity contribution in [2.45, 2.75) is 49.7 Å². The van der Waals surface area contributed by atoms with Crippen LogP contribution in [0.3, 0.4) is 0 Å². The molecule has 1 unspecified atom stereocenters. The lowest BCUT2D eigenvalue weighted by molar-refractivity contribution is -0.139. The molecule has 3 aromatic rings. The fourth-order valence-electron chi connectivity index (χ4n) is 8.06. The summed E-state index contributed by atoms with van der Waals surface area (Å²) >= 11 is 0. The average molecular weight is 769 g/mol. The van der Waals surface area contributed by atoms with Gasteiger partial charge in [0.25, 0.3) is 11.7 Å². The highest BCUT2D eigenvalue weighted by molar-refractivity contribution is 6.34. The zero-order valence-corrected chi connectivity index (χ0v) is 33.0. The van der Waals surface area contributed by atoms with Crippen LogP contribution < -0.4 is 33.7 Å². The minimum Gasteiger partial charge on any atom is -0.493 e. The monoisotopic (exact) mass is 768 g/mol. The quantitative estimate of drug-likeness (QED) is 0.205. The van der Waals surface area contributed by atoms with Crippen LogP contribution in [0.25, 0.3) is 11.1 Å². The van der Waals surface area contributed by atoms with Gasteiger partial charge in [-0.15, -0.1) is 0 Å². The van der Waals surface area contributed by atoms with Gasteiger partial charge in [-0.05, 0) is 60.4 Å². The standard InChI is InChI=1S/C43H48N2O11/c1-49-29-20-19-28(38(54-6)40(29)56-8)34-35(25-15-11-9-12-16-25)43(23-32(52-4)37(46)33(24-43)53-5)45(42(34)48)36(41(47)44-27-17-13-10-14-18-27)26-21-30(50-2)39(55-7)31(22-26)51-3/h9,11-12,15-16,19-24,27,36H,10,13-14,17-18H2,1-8H3,(H,44,47). The van der Waals surface area contributed by atoms with Gasteiger partial charge in [-0.25, -0.2) is 0 Å². The number of benzene rings is 3. The Bertz CT molecular complexity index is 2030. The third kappa shape index (κ3) is 6.75. The number of carbonyl (C=O) groups is 3. The van der Waals surface area contributed by atoms with Gasteiger partial charge in [-0.2, -0.15) is 0 Å². The second-order valence-electron chi connectivity index (χ2n) is 13.5. The van der Waals surface area contributed by atoms with Gasteiger partial charge in [0.2, 0.25) is 17.4 Å². The smallest absolute Gasteiger partial charge is 0.261 e. The van der Waals surface area contributed by atoms with Crippen molar-refractivity contribution in [1.82, 2.24) is 10.2 Å². The van der Waals surface area contributed by atoms with Crippen molar-refractivity contribution in [3.63, 3.8) is 0 Å². The zero-order chi connectivity index (χ0) is 40.1. The van der Waals surface area contributed by atoms with Crippen LogP contribution in [-0.4, -0.2) is 91.0 Å². The van der Waals surface area contributed by atoms with E-state index in [1.807, 2.05) is 30.3 Å². The van der Waals surface area contributed by atoms with E-state index in [-0.39, 0.29) is 46.1 Å². The number of carbonyl (C=O) groups excluding carboxylic acids is 3. The maximum Gasteiger partial charge on any atom is 0.261 e. The maximum absolute atomic E-state index is 15.9. The van der Waals surface area contributed by atoms with Gasteiger partial charge < -0.3 is 48.1 Å². The summed E-state index contributed by atoms with van der Waals surface area (Å²) in [6, 6.07) is 14.4. The minimum atomic E-state index is -1.69. The highest BCUT2D eigenvalue weighted by Crippen LogP contribution is 2.56. The first-order valence-corrected chi connectivity index (χ1v) is 18.3. The molecule has 0 bridgehead atoms. The molecule has 2 amide bonds. The predicted octanol–water partition coefficient (Wildman–Crippen LogP) is 6.06. The van der Waals surface area contributed by atoms with Crippen LogP contribution >= 0.6 is 0 Å². The molecule has 296 valence electrons. The number of rotatable bonds is 14. The molecule has 2 aliphatic carbocycles. The average Bonchev–Trinajstić information content (AvgIpc) is 3.46. The molecule has 1 N–H and O–H groups in total. The first-order chi connectivity index (χ1) is 27.2. The molecule has 13 nitrogen and oxygen atoms in total. The van der Waals surface area contributed by atoms with Gasteiger partial charge in [0.1, 0.15) is 11.6 Å². The van der Waals surface area contributed by atoms with Crippen LogP contribution in [0, 0.1) is 0 Å². The topological polar surface area (TPSA) is 140 Å². The molecule has 13 heteroatoms. The first-order valence-electron chi connectivity index (χ1n) is 18.3. The molecule has 1 saturated carbocycles. The van der Waals surface area contributed by atoms with Gasteiger partial charge in [-0.1, -0.05) is 49.6 Å². The molecule has 1 atom stereocenters. The van der Waals surface area contributed by atoms with Crippen LogP contribution in [-0.2, 0) is 23.9 Å². The normalized spacial score (nSPS) is 17.2. The molecule has 0 aromatic heterocycles. The van der Waals surface area contributed by atoms with Crippen molar-refractivity contribution in [2.75, 3.05) is 56.9 Å². The number of nitrogens with zero attached hydrogens (tertiary/aromatic N) is 1. The lowest BCUT2D eigenvalue weighted by atomic mass is 9.78. The van der Waals surface area contributed by atoms with E-state index in [4.69, 9.17) is 37.9 Å². The molecule has 1 heterocycles. The highest BCUT2D eigenvalue weighted by Gasteiger charge is 2.57. The summed E-state index contributed by atoms with van der Waals surface area (Å²) in [5.41, 5.74) is 0.219. The molecular formula is C43H48N2O11. The number of amides is 2. The van der Waals surface area contributed by atoms with E-state index in [1.165, 1.54) is 61.8 Å². The van der Waals surface area contributed by atoms with Gasteiger partial charge in [0, 0.05) is 17.2 Å². The third-order valence-electron chi connectivity index (χ3n) is 10.6. The van der Waals surface area contributed by atoms with Crippen LogP contribution in [0.2, 0.25) is 0 Å². The van der Waals surface area contributed by atoms with Crippen molar-refractivity contribution in [3.8, 4) is 34.5 Å². The van der Waals surface area contributed by atoms with Crippen molar-refractivity contribution < 1.29 is 52.3 Å². The first kappa shape index (κ1) is 39.6. The lowest BCUT2D eigenvalue weighted by Gasteiger charge is -2.43. The zero-order valence-electron chi connectivity index (χ0n) is 33.0. The lowest BCUT2D eigenvalue weighted by Crippen LogP contribution is -2.54. The summed E-state index contributed by atoms with van der Waals surface area (Å²) in [6.45, 7) is 0. The van der Waals surface area contributed by atoms with Crippen molar-refractivity contribution in [1.29, 1.82) is 0 Å². The molecule has 1 fully saturated rings. The highest BCUT2D eigenvalue weighted by atomic mass is 16.5. The van der Waals surface area contributed by atoms with E-state index >= 15 is 9.59 Å². The largest absolute Gasteiger partial charge is 0.493 e. The van der Waals surface area contributed by atoms with E-state index in [9.17, 15) is 4.79 Å². The molecule has 3 aliphatic rings. The molecule has 6 rings (SSSR count). The molecule has 0 saturated heterocycles. The van der Waals surface area contributed by atoms with Gasteiger partial charge in [0.05, 0.1) is 62.5 Å². The molecule has 0 radical (unpaired) electrons.